The Morgan fingerprint density at radius 1 is 1.03 bits per heavy atom. The molecule has 0 fully saturated rings. The fraction of sp³-hybridized carbons (Fsp3) is 0.391. The summed E-state index contributed by atoms with van der Waals surface area (Å²) in [7, 11) is 0. The first kappa shape index (κ1) is 22.8. The van der Waals surface area contributed by atoms with Crippen LogP contribution >= 0.6 is 11.6 Å². The molecule has 1 N–H and O–H groups in total. The Balaban J connectivity index is 2.15. The largest absolute Gasteiger partial charge is 0.484 e. The van der Waals surface area contributed by atoms with Gasteiger partial charge < -0.3 is 15.0 Å². The summed E-state index contributed by atoms with van der Waals surface area (Å²) < 4.78 is 5.71. The molecule has 0 spiro atoms. The average Bonchev–Trinajstić information content (AvgIpc) is 2.67. The van der Waals surface area contributed by atoms with Crippen molar-refractivity contribution in [1.29, 1.82) is 0 Å². The van der Waals surface area contributed by atoms with E-state index in [0.29, 0.717) is 17.3 Å². The van der Waals surface area contributed by atoms with Gasteiger partial charge in [-0.1, -0.05) is 29.8 Å². The van der Waals surface area contributed by atoms with Crippen molar-refractivity contribution in [3.8, 4) is 5.75 Å². The second-order valence-corrected chi connectivity index (χ2v) is 7.96. The highest BCUT2D eigenvalue weighted by Crippen LogP contribution is 2.18. The molecule has 0 aliphatic heterocycles. The smallest absolute Gasteiger partial charge is 0.261 e. The molecule has 29 heavy (non-hydrogen) atoms. The molecule has 6 heteroatoms. The van der Waals surface area contributed by atoms with Crippen LogP contribution in [-0.2, 0) is 16.1 Å². The molecule has 2 amide bonds. The zero-order valence-electron chi connectivity index (χ0n) is 17.7. The number of nitrogens with zero attached hydrogens (tertiary/aromatic N) is 1. The van der Waals surface area contributed by atoms with Crippen molar-refractivity contribution in [2.45, 2.75) is 53.2 Å². The lowest BCUT2D eigenvalue weighted by Crippen LogP contribution is -2.50. The Labute approximate surface area is 178 Å². The molecule has 0 aliphatic rings. The number of carbonyl (C=O) groups excluding carboxylic acids is 2. The number of hydrogen-bond donors (Lipinski definition) is 1. The average molecular weight is 417 g/mol. The first-order chi connectivity index (χ1) is 13.7. The van der Waals surface area contributed by atoms with Crippen molar-refractivity contribution in [3.63, 3.8) is 0 Å². The van der Waals surface area contributed by atoms with Crippen LogP contribution in [0.15, 0.2) is 42.5 Å². The van der Waals surface area contributed by atoms with E-state index in [-0.39, 0.29) is 24.5 Å². The monoisotopic (exact) mass is 416 g/mol. The normalized spacial score (nSPS) is 11.8. The quantitative estimate of drug-likeness (QED) is 0.698. The maximum Gasteiger partial charge on any atom is 0.261 e. The minimum Gasteiger partial charge on any atom is -0.484 e. The predicted molar refractivity (Wildman–Crippen MR) is 116 cm³/mol. The second kappa shape index (κ2) is 10.3. The summed E-state index contributed by atoms with van der Waals surface area (Å²) in [6.07, 6.45) is 0. The first-order valence-corrected chi connectivity index (χ1v) is 10.1. The third-order valence-corrected chi connectivity index (χ3v) is 4.96. The summed E-state index contributed by atoms with van der Waals surface area (Å²) in [6, 6.07) is 12.3. The summed E-state index contributed by atoms with van der Waals surface area (Å²) >= 11 is 5.96. The lowest BCUT2D eigenvalue weighted by atomic mass is 10.1. The van der Waals surface area contributed by atoms with Gasteiger partial charge in [0.2, 0.25) is 5.91 Å². The topological polar surface area (TPSA) is 58.6 Å². The third-order valence-electron chi connectivity index (χ3n) is 4.71. The molecule has 1 unspecified atom stereocenters. The van der Waals surface area contributed by atoms with Crippen LogP contribution < -0.4 is 10.1 Å². The molecule has 2 aromatic rings. The van der Waals surface area contributed by atoms with Gasteiger partial charge in [0.1, 0.15) is 11.8 Å². The number of carbonyl (C=O) groups is 2. The lowest BCUT2D eigenvalue weighted by molar-refractivity contribution is -0.142. The van der Waals surface area contributed by atoms with Gasteiger partial charge in [-0.2, -0.15) is 0 Å². The highest BCUT2D eigenvalue weighted by molar-refractivity contribution is 6.30. The van der Waals surface area contributed by atoms with Gasteiger partial charge in [-0.25, -0.2) is 0 Å². The number of rotatable bonds is 8. The van der Waals surface area contributed by atoms with E-state index in [9.17, 15) is 9.59 Å². The predicted octanol–water partition coefficient (Wildman–Crippen LogP) is 4.28. The van der Waals surface area contributed by atoms with Gasteiger partial charge in [0.05, 0.1) is 0 Å². The highest BCUT2D eigenvalue weighted by Gasteiger charge is 2.26. The molecule has 0 saturated carbocycles. The van der Waals surface area contributed by atoms with E-state index in [1.807, 2.05) is 58.0 Å². The summed E-state index contributed by atoms with van der Waals surface area (Å²) in [4.78, 5) is 27.0. The van der Waals surface area contributed by atoms with Crippen LogP contribution in [0.1, 0.15) is 37.5 Å². The van der Waals surface area contributed by atoms with E-state index in [0.717, 1.165) is 16.7 Å². The summed E-state index contributed by atoms with van der Waals surface area (Å²) in [5.74, 6) is 0.172. The van der Waals surface area contributed by atoms with Gasteiger partial charge in [-0.05, 0) is 75.6 Å². The van der Waals surface area contributed by atoms with Gasteiger partial charge in [0.25, 0.3) is 5.91 Å². The zero-order valence-corrected chi connectivity index (χ0v) is 18.4. The fourth-order valence-electron chi connectivity index (χ4n) is 2.81. The highest BCUT2D eigenvalue weighted by atomic mass is 35.5. The number of halogens is 1. The second-order valence-electron chi connectivity index (χ2n) is 7.52. The van der Waals surface area contributed by atoms with Crippen molar-refractivity contribution in [3.05, 3.63) is 64.2 Å². The van der Waals surface area contributed by atoms with Crippen LogP contribution in [0, 0.1) is 13.8 Å². The van der Waals surface area contributed by atoms with Crippen LogP contribution in [0.5, 0.6) is 5.75 Å². The standard InChI is InChI=1S/C23H29ClN2O3/c1-15(2)25-23(28)18(5)26(13-19-7-9-20(24)10-8-19)22(27)14-29-21-11-6-16(3)17(4)12-21/h6-12,15,18H,13-14H2,1-5H3,(H,25,28). The van der Waals surface area contributed by atoms with E-state index in [1.54, 1.807) is 19.1 Å². The Hall–Kier alpha value is -2.53. The maximum absolute atomic E-state index is 13.0. The van der Waals surface area contributed by atoms with Gasteiger partial charge >= 0.3 is 0 Å². The summed E-state index contributed by atoms with van der Waals surface area (Å²) in [5, 5.41) is 3.49. The summed E-state index contributed by atoms with van der Waals surface area (Å²) in [5.41, 5.74) is 3.14. The van der Waals surface area contributed by atoms with Crippen LogP contribution in [0.3, 0.4) is 0 Å². The Kier molecular flexibility index (Phi) is 8.09. The number of nitrogens with one attached hydrogen (secondary N) is 1. The fourth-order valence-corrected chi connectivity index (χ4v) is 2.93. The van der Waals surface area contributed by atoms with Crippen molar-refractivity contribution in [1.82, 2.24) is 10.2 Å². The van der Waals surface area contributed by atoms with Crippen molar-refractivity contribution in [2.75, 3.05) is 6.61 Å². The molecule has 0 aliphatic carbocycles. The first-order valence-electron chi connectivity index (χ1n) is 9.71. The Bertz CT molecular complexity index is 850. The van der Waals surface area contributed by atoms with Gasteiger partial charge in [0.15, 0.2) is 6.61 Å². The number of benzene rings is 2. The minimum atomic E-state index is -0.635. The molecular formula is C23H29ClN2O3. The molecule has 156 valence electrons. The SMILES string of the molecule is Cc1ccc(OCC(=O)N(Cc2ccc(Cl)cc2)C(C)C(=O)NC(C)C)cc1C. The minimum absolute atomic E-state index is 0.00998. The molecule has 2 rings (SSSR count). The van der Waals surface area contributed by atoms with Crippen molar-refractivity contribution < 1.29 is 14.3 Å². The molecule has 5 nitrogen and oxygen atoms in total. The lowest BCUT2D eigenvalue weighted by Gasteiger charge is -2.29. The molecule has 0 radical (unpaired) electrons. The van der Waals surface area contributed by atoms with Crippen LogP contribution in [0.25, 0.3) is 0 Å². The summed E-state index contributed by atoms with van der Waals surface area (Å²) in [6.45, 7) is 9.66. The van der Waals surface area contributed by atoms with Crippen LogP contribution in [0.2, 0.25) is 5.02 Å². The molecule has 2 aromatic carbocycles. The molecule has 1 atom stereocenters. The van der Waals surface area contributed by atoms with Gasteiger partial charge in [0, 0.05) is 17.6 Å². The number of hydrogen-bond acceptors (Lipinski definition) is 3. The van der Waals surface area contributed by atoms with E-state index >= 15 is 0 Å². The molecule has 0 bridgehead atoms. The van der Waals surface area contributed by atoms with Crippen LogP contribution in [0.4, 0.5) is 0 Å². The van der Waals surface area contributed by atoms with Crippen molar-refractivity contribution >= 4 is 23.4 Å². The molecular weight excluding hydrogens is 388 g/mol. The van der Waals surface area contributed by atoms with E-state index in [1.165, 1.54) is 4.90 Å². The molecule has 0 aromatic heterocycles. The number of aryl methyl sites for hydroxylation is 2. The Morgan fingerprint density at radius 3 is 2.28 bits per heavy atom. The van der Waals surface area contributed by atoms with E-state index < -0.39 is 6.04 Å². The third kappa shape index (κ3) is 6.79. The maximum atomic E-state index is 13.0. The number of amides is 2. The van der Waals surface area contributed by atoms with Crippen LogP contribution in [-0.4, -0.2) is 35.4 Å². The number of ether oxygens (including phenoxy) is 1. The van der Waals surface area contributed by atoms with Gasteiger partial charge in [-0.3, -0.25) is 9.59 Å². The van der Waals surface area contributed by atoms with E-state index in [4.69, 9.17) is 16.3 Å². The zero-order chi connectivity index (χ0) is 21.6. The molecule has 0 heterocycles. The van der Waals surface area contributed by atoms with E-state index in [2.05, 4.69) is 5.32 Å². The van der Waals surface area contributed by atoms with Gasteiger partial charge in [-0.15, -0.1) is 0 Å². The van der Waals surface area contributed by atoms with Crippen molar-refractivity contribution in [2.24, 2.45) is 0 Å². The molecule has 0 saturated heterocycles. The Morgan fingerprint density at radius 2 is 1.69 bits per heavy atom.